The monoisotopic (exact) mass is 286 g/mol. The van der Waals surface area contributed by atoms with E-state index in [4.69, 9.17) is 17.3 Å². The van der Waals surface area contributed by atoms with Gasteiger partial charge in [-0.15, -0.1) is 12.4 Å². The summed E-state index contributed by atoms with van der Waals surface area (Å²) in [6, 6.07) is 3.28. The summed E-state index contributed by atoms with van der Waals surface area (Å²) in [5.41, 5.74) is 5.12. The second-order valence-electron chi connectivity index (χ2n) is 3.95. The lowest BCUT2D eigenvalue weighted by atomic mass is 9.85. The van der Waals surface area contributed by atoms with Crippen LogP contribution in [0.4, 0.5) is 13.2 Å². The first kappa shape index (κ1) is 14.6. The highest BCUT2D eigenvalue weighted by atomic mass is 35.5. The van der Waals surface area contributed by atoms with Gasteiger partial charge in [-0.25, -0.2) is 0 Å². The Kier molecular flexibility index (Phi) is 3.98. The molecule has 3 N–H and O–H groups in total. The Morgan fingerprint density at radius 2 is 1.88 bits per heavy atom. The van der Waals surface area contributed by atoms with Crippen LogP contribution in [0.5, 0.6) is 0 Å². The topological polar surface area (TPSA) is 38.0 Å². The number of benzene rings is 1. The first-order chi connectivity index (χ1) is 7.33. The SMILES string of the molecule is Cl.NC1(c2ccc(C(F)(F)F)cc2Cl)CNC1. The van der Waals surface area contributed by atoms with Crippen molar-refractivity contribution in [2.75, 3.05) is 13.1 Å². The van der Waals surface area contributed by atoms with Crippen LogP contribution in [-0.4, -0.2) is 13.1 Å². The molecule has 0 atom stereocenters. The average molecular weight is 287 g/mol. The molecule has 1 aromatic carbocycles. The van der Waals surface area contributed by atoms with Gasteiger partial charge in [0.15, 0.2) is 0 Å². The van der Waals surface area contributed by atoms with Gasteiger partial charge in [0.1, 0.15) is 0 Å². The maximum atomic E-state index is 12.4. The van der Waals surface area contributed by atoms with Gasteiger partial charge in [-0.1, -0.05) is 17.7 Å². The Morgan fingerprint density at radius 1 is 1.29 bits per heavy atom. The van der Waals surface area contributed by atoms with Crippen molar-refractivity contribution in [3.05, 3.63) is 34.3 Å². The average Bonchev–Trinajstić information content (AvgIpc) is 2.12. The second-order valence-corrected chi connectivity index (χ2v) is 4.36. The van der Waals surface area contributed by atoms with Crippen LogP contribution in [0.1, 0.15) is 11.1 Å². The summed E-state index contributed by atoms with van der Waals surface area (Å²) in [5, 5.41) is 3.03. The fourth-order valence-electron chi connectivity index (χ4n) is 1.68. The number of hydrogen-bond acceptors (Lipinski definition) is 2. The normalized spacial score (nSPS) is 18.2. The smallest absolute Gasteiger partial charge is 0.319 e. The number of hydrogen-bond donors (Lipinski definition) is 2. The van der Waals surface area contributed by atoms with Crippen LogP contribution in [0.15, 0.2) is 18.2 Å². The Balaban J connectivity index is 0.00000144. The molecule has 1 fully saturated rings. The zero-order valence-corrected chi connectivity index (χ0v) is 10.2. The van der Waals surface area contributed by atoms with Crippen LogP contribution in [0.2, 0.25) is 5.02 Å². The summed E-state index contributed by atoms with van der Waals surface area (Å²) >= 11 is 5.82. The Morgan fingerprint density at radius 3 is 2.24 bits per heavy atom. The minimum Gasteiger partial charge on any atom is -0.319 e. The largest absolute Gasteiger partial charge is 0.416 e. The molecule has 7 heteroatoms. The molecule has 0 amide bonds. The highest BCUT2D eigenvalue weighted by Crippen LogP contribution is 2.35. The highest BCUT2D eigenvalue weighted by molar-refractivity contribution is 6.31. The zero-order chi connectivity index (χ0) is 12.0. The number of nitrogens with two attached hydrogens (primary N) is 1. The number of nitrogens with one attached hydrogen (secondary N) is 1. The zero-order valence-electron chi connectivity index (χ0n) is 8.64. The van der Waals surface area contributed by atoms with Crippen LogP contribution in [0.25, 0.3) is 0 Å². The van der Waals surface area contributed by atoms with E-state index in [0.717, 1.165) is 12.1 Å². The van der Waals surface area contributed by atoms with Crippen molar-refractivity contribution in [2.45, 2.75) is 11.7 Å². The molecular formula is C10H11Cl2F3N2. The maximum Gasteiger partial charge on any atom is 0.416 e. The summed E-state index contributed by atoms with van der Waals surface area (Å²) in [7, 11) is 0. The fourth-order valence-corrected chi connectivity index (χ4v) is 2.05. The van der Waals surface area contributed by atoms with Crippen molar-refractivity contribution in [3.63, 3.8) is 0 Å². The minimum absolute atomic E-state index is 0. The van der Waals surface area contributed by atoms with Crippen molar-refractivity contribution in [1.29, 1.82) is 0 Å². The highest BCUT2D eigenvalue weighted by Gasteiger charge is 2.37. The number of alkyl halides is 3. The van der Waals surface area contributed by atoms with Gasteiger partial charge in [0.25, 0.3) is 0 Å². The fraction of sp³-hybridized carbons (Fsp3) is 0.400. The van der Waals surface area contributed by atoms with Crippen LogP contribution in [-0.2, 0) is 11.7 Å². The van der Waals surface area contributed by atoms with Gasteiger partial charge in [-0.05, 0) is 17.7 Å². The Bertz CT molecular complexity index is 417. The molecular weight excluding hydrogens is 276 g/mol. The summed E-state index contributed by atoms with van der Waals surface area (Å²) in [4.78, 5) is 0. The van der Waals surface area contributed by atoms with Crippen molar-refractivity contribution < 1.29 is 13.2 Å². The molecule has 0 aromatic heterocycles. The molecule has 0 unspecified atom stereocenters. The predicted octanol–water partition coefficient (Wildman–Crippen LogP) is 2.54. The molecule has 0 saturated carbocycles. The van der Waals surface area contributed by atoms with Gasteiger partial charge < -0.3 is 11.1 Å². The molecule has 2 rings (SSSR count). The third kappa shape index (κ3) is 2.68. The molecule has 17 heavy (non-hydrogen) atoms. The van der Waals surface area contributed by atoms with E-state index in [1.807, 2.05) is 0 Å². The molecule has 0 aliphatic carbocycles. The number of halogens is 5. The van der Waals surface area contributed by atoms with Gasteiger partial charge in [-0.2, -0.15) is 13.2 Å². The van der Waals surface area contributed by atoms with Gasteiger partial charge in [-0.3, -0.25) is 0 Å². The van der Waals surface area contributed by atoms with Crippen LogP contribution < -0.4 is 11.1 Å². The predicted molar refractivity (Wildman–Crippen MR) is 62.4 cm³/mol. The quantitative estimate of drug-likeness (QED) is 0.833. The summed E-state index contributed by atoms with van der Waals surface area (Å²) < 4.78 is 37.2. The molecule has 1 saturated heterocycles. The molecule has 96 valence electrons. The Labute approximate surface area is 108 Å². The third-order valence-corrected chi connectivity index (χ3v) is 3.03. The first-order valence-electron chi connectivity index (χ1n) is 4.70. The van der Waals surface area contributed by atoms with Gasteiger partial charge in [0, 0.05) is 18.1 Å². The number of rotatable bonds is 1. The summed E-state index contributed by atoms with van der Waals surface area (Å²) in [6.07, 6.45) is -4.37. The van der Waals surface area contributed by atoms with Gasteiger partial charge in [0.2, 0.25) is 0 Å². The lowest BCUT2D eigenvalue weighted by molar-refractivity contribution is -0.137. The minimum atomic E-state index is -4.37. The lowest BCUT2D eigenvalue weighted by Gasteiger charge is -2.40. The van der Waals surface area contributed by atoms with Crippen molar-refractivity contribution in [2.24, 2.45) is 5.73 Å². The molecule has 0 spiro atoms. The van der Waals surface area contributed by atoms with Crippen molar-refractivity contribution in [3.8, 4) is 0 Å². The van der Waals surface area contributed by atoms with Gasteiger partial charge in [0.05, 0.1) is 11.1 Å². The Hall–Kier alpha value is -0.490. The standard InChI is InChI=1S/C10H10ClF3N2.ClH/c11-8-3-6(10(12,13)14)1-2-7(8)9(15)4-16-5-9;/h1-3,16H,4-5,15H2;1H. The molecule has 1 aliphatic heterocycles. The van der Waals surface area contributed by atoms with E-state index in [9.17, 15) is 13.2 Å². The van der Waals surface area contributed by atoms with Crippen molar-refractivity contribution in [1.82, 2.24) is 5.32 Å². The van der Waals surface area contributed by atoms with Crippen LogP contribution >= 0.6 is 24.0 Å². The second kappa shape index (κ2) is 4.65. The molecule has 0 radical (unpaired) electrons. The molecule has 0 bridgehead atoms. The first-order valence-corrected chi connectivity index (χ1v) is 5.07. The molecule has 2 nitrogen and oxygen atoms in total. The maximum absolute atomic E-state index is 12.4. The molecule has 1 heterocycles. The molecule has 1 aliphatic rings. The van der Waals surface area contributed by atoms with E-state index >= 15 is 0 Å². The van der Waals surface area contributed by atoms with Crippen LogP contribution in [0, 0.1) is 0 Å². The van der Waals surface area contributed by atoms with Gasteiger partial charge >= 0.3 is 6.18 Å². The van der Waals surface area contributed by atoms with E-state index in [0.29, 0.717) is 18.7 Å². The van der Waals surface area contributed by atoms with E-state index < -0.39 is 17.3 Å². The van der Waals surface area contributed by atoms with Crippen molar-refractivity contribution >= 4 is 24.0 Å². The molecule has 1 aromatic rings. The lowest BCUT2D eigenvalue weighted by Crippen LogP contribution is -2.62. The van der Waals surface area contributed by atoms with E-state index in [1.54, 1.807) is 0 Å². The van der Waals surface area contributed by atoms with E-state index in [1.165, 1.54) is 6.07 Å². The summed E-state index contributed by atoms with van der Waals surface area (Å²) in [5.74, 6) is 0. The van der Waals surface area contributed by atoms with E-state index in [-0.39, 0.29) is 17.4 Å². The van der Waals surface area contributed by atoms with Crippen LogP contribution in [0.3, 0.4) is 0 Å². The summed E-state index contributed by atoms with van der Waals surface area (Å²) in [6.45, 7) is 1.05. The van der Waals surface area contributed by atoms with E-state index in [2.05, 4.69) is 5.32 Å². The third-order valence-electron chi connectivity index (χ3n) is 2.71.